The Morgan fingerprint density at radius 3 is 2.53 bits per heavy atom. The van der Waals surface area contributed by atoms with Crippen LogP contribution in [-0.4, -0.2) is 44.2 Å². The van der Waals surface area contributed by atoms with Crippen molar-refractivity contribution in [1.82, 2.24) is 10.2 Å². The van der Waals surface area contributed by atoms with Crippen molar-refractivity contribution in [2.24, 2.45) is 0 Å². The predicted octanol–water partition coefficient (Wildman–Crippen LogP) is 0.878. The minimum atomic E-state index is -0.279. The highest BCUT2D eigenvalue weighted by Crippen LogP contribution is 2.09. The molecular formula is C13H18N2O2. The van der Waals surface area contributed by atoms with E-state index in [9.17, 15) is 4.79 Å². The minimum absolute atomic E-state index is 0.279. The van der Waals surface area contributed by atoms with Gasteiger partial charge >= 0.3 is 5.97 Å². The fourth-order valence-corrected chi connectivity index (χ4v) is 1.99. The van der Waals surface area contributed by atoms with E-state index in [2.05, 4.69) is 15.0 Å². The minimum Gasteiger partial charge on any atom is -0.465 e. The van der Waals surface area contributed by atoms with Gasteiger partial charge in [-0.05, 0) is 17.7 Å². The zero-order chi connectivity index (χ0) is 12.1. The van der Waals surface area contributed by atoms with Crippen LogP contribution in [0.3, 0.4) is 0 Å². The van der Waals surface area contributed by atoms with E-state index in [1.54, 1.807) is 0 Å². The molecule has 1 N–H and O–H groups in total. The zero-order valence-corrected chi connectivity index (χ0v) is 10.1. The normalized spacial score (nSPS) is 16.8. The summed E-state index contributed by atoms with van der Waals surface area (Å²) in [4.78, 5) is 13.7. The lowest BCUT2D eigenvalue weighted by atomic mass is 10.1. The maximum Gasteiger partial charge on any atom is 0.337 e. The van der Waals surface area contributed by atoms with Gasteiger partial charge in [-0.1, -0.05) is 12.1 Å². The molecule has 0 bridgehead atoms. The molecule has 1 aromatic carbocycles. The van der Waals surface area contributed by atoms with E-state index in [0.29, 0.717) is 5.56 Å². The Hall–Kier alpha value is -1.39. The number of nitrogens with zero attached hydrogens (tertiary/aromatic N) is 1. The van der Waals surface area contributed by atoms with Crippen LogP contribution in [0.1, 0.15) is 15.9 Å². The smallest absolute Gasteiger partial charge is 0.337 e. The van der Waals surface area contributed by atoms with E-state index in [-0.39, 0.29) is 5.97 Å². The molecule has 0 aliphatic carbocycles. The number of hydrogen-bond acceptors (Lipinski definition) is 4. The molecule has 0 atom stereocenters. The molecule has 17 heavy (non-hydrogen) atoms. The van der Waals surface area contributed by atoms with Crippen LogP contribution < -0.4 is 5.32 Å². The standard InChI is InChI=1S/C13H18N2O2/c1-17-13(16)12-4-2-11(3-5-12)10-15-8-6-14-7-9-15/h2-5,14H,6-10H2,1H3. The van der Waals surface area contributed by atoms with E-state index in [0.717, 1.165) is 32.7 Å². The Labute approximate surface area is 102 Å². The summed E-state index contributed by atoms with van der Waals surface area (Å²) >= 11 is 0. The van der Waals surface area contributed by atoms with Gasteiger partial charge in [-0.25, -0.2) is 4.79 Å². The number of carbonyl (C=O) groups excluding carboxylic acids is 1. The average Bonchev–Trinajstić information content (AvgIpc) is 2.40. The van der Waals surface area contributed by atoms with Gasteiger partial charge in [0.25, 0.3) is 0 Å². The molecule has 4 nitrogen and oxygen atoms in total. The van der Waals surface area contributed by atoms with Crippen LogP contribution in [-0.2, 0) is 11.3 Å². The molecule has 1 heterocycles. The molecule has 4 heteroatoms. The molecular weight excluding hydrogens is 216 g/mol. The maximum absolute atomic E-state index is 11.3. The van der Waals surface area contributed by atoms with Gasteiger partial charge in [0.05, 0.1) is 12.7 Å². The second-order valence-corrected chi connectivity index (χ2v) is 4.21. The molecule has 92 valence electrons. The van der Waals surface area contributed by atoms with E-state index >= 15 is 0 Å². The average molecular weight is 234 g/mol. The van der Waals surface area contributed by atoms with E-state index in [1.807, 2.05) is 24.3 Å². The van der Waals surface area contributed by atoms with Crippen LogP contribution in [0.15, 0.2) is 24.3 Å². The first-order chi connectivity index (χ1) is 8.29. The van der Waals surface area contributed by atoms with Crippen LogP contribution in [0.5, 0.6) is 0 Å². The highest BCUT2D eigenvalue weighted by molar-refractivity contribution is 5.89. The highest BCUT2D eigenvalue weighted by Gasteiger charge is 2.10. The van der Waals surface area contributed by atoms with Crippen molar-refractivity contribution in [3.63, 3.8) is 0 Å². The summed E-state index contributed by atoms with van der Waals surface area (Å²) in [5.41, 5.74) is 1.84. The number of benzene rings is 1. The number of carbonyl (C=O) groups is 1. The van der Waals surface area contributed by atoms with Gasteiger partial charge < -0.3 is 10.1 Å². The summed E-state index contributed by atoms with van der Waals surface area (Å²) < 4.78 is 4.67. The number of methoxy groups -OCH3 is 1. The molecule has 1 saturated heterocycles. The van der Waals surface area contributed by atoms with E-state index in [4.69, 9.17) is 0 Å². The van der Waals surface area contributed by atoms with Crippen LogP contribution in [0.4, 0.5) is 0 Å². The molecule has 0 unspecified atom stereocenters. The second kappa shape index (κ2) is 5.80. The van der Waals surface area contributed by atoms with Crippen molar-refractivity contribution in [1.29, 1.82) is 0 Å². The first-order valence-corrected chi connectivity index (χ1v) is 5.90. The van der Waals surface area contributed by atoms with Crippen LogP contribution >= 0.6 is 0 Å². The molecule has 1 fully saturated rings. The third-order valence-corrected chi connectivity index (χ3v) is 2.99. The van der Waals surface area contributed by atoms with Gasteiger partial charge in [-0.2, -0.15) is 0 Å². The number of ether oxygens (including phenoxy) is 1. The van der Waals surface area contributed by atoms with Crippen molar-refractivity contribution in [2.75, 3.05) is 33.3 Å². The topological polar surface area (TPSA) is 41.6 Å². The molecule has 0 saturated carbocycles. The molecule has 0 radical (unpaired) electrons. The number of nitrogens with one attached hydrogen (secondary N) is 1. The molecule has 0 amide bonds. The Bertz CT molecular complexity index is 370. The van der Waals surface area contributed by atoms with E-state index < -0.39 is 0 Å². The van der Waals surface area contributed by atoms with Crippen LogP contribution in [0.2, 0.25) is 0 Å². The van der Waals surface area contributed by atoms with Crippen molar-refractivity contribution < 1.29 is 9.53 Å². The largest absolute Gasteiger partial charge is 0.465 e. The zero-order valence-electron chi connectivity index (χ0n) is 10.1. The number of esters is 1. The summed E-state index contributed by atoms with van der Waals surface area (Å²) in [5, 5.41) is 3.33. The lowest BCUT2D eigenvalue weighted by Gasteiger charge is -2.27. The van der Waals surface area contributed by atoms with Crippen LogP contribution in [0, 0.1) is 0 Å². The van der Waals surface area contributed by atoms with E-state index in [1.165, 1.54) is 12.7 Å². The quantitative estimate of drug-likeness (QED) is 0.788. The van der Waals surface area contributed by atoms with Crippen molar-refractivity contribution in [2.45, 2.75) is 6.54 Å². The Morgan fingerprint density at radius 1 is 1.29 bits per heavy atom. The van der Waals surface area contributed by atoms with Gasteiger partial charge in [-0.15, -0.1) is 0 Å². The van der Waals surface area contributed by atoms with Crippen molar-refractivity contribution >= 4 is 5.97 Å². The summed E-state index contributed by atoms with van der Waals surface area (Å²) in [7, 11) is 1.40. The monoisotopic (exact) mass is 234 g/mol. The highest BCUT2D eigenvalue weighted by atomic mass is 16.5. The lowest BCUT2D eigenvalue weighted by molar-refractivity contribution is 0.0600. The number of piperazine rings is 1. The van der Waals surface area contributed by atoms with Gasteiger partial charge in [0.15, 0.2) is 0 Å². The van der Waals surface area contributed by atoms with Gasteiger partial charge in [0.2, 0.25) is 0 Å². The van der Waals surface area contributed by atoms with Crippen molar-refractivity contribution in [3.05, 3.63) is 35.4 Å². The van der Waals surface area contributed by atoms with Gasteiger partial charge in [-0.3, -0.25) is 4.90 Å². The molecule has 0 aromatic heterocycles. The number of rotatable bonds is 3. The summed E-state index contributed by atoms with van der Waals surface area (Å²) in [6.45, 7) is 5.22. The molecule has 2 rings (SSSR count). The van der Waals surface area contributed by atoms with Crippen molar-refractivity contribution in [3.8, 4) is 0 Å². The fourth-order valence-electron chi connectivity index (χ4n) is 1.99. The molecule has 1 aliphatic rings. The summed E-state index contributed by atoms with van der Waals surface area (Å²) in [5.74, 6) is -0.279. The van der Waals surface area contributed by atoms with Crippen LogP contribution in [0.25, 0.3) is 0 Å². The van der Waals surface area contributed by atoms with Gasteiger partial charge in [0, 0.05) is 32.7 Å². The first-order valence-electron chi connectivity index (χ1n) is 5.90. The molecule has 1 aliphatic heterocycles. The van der Waals surface area contributed by atoms with Gasteiger partial charge in [0.1, 0.15) is 0 Å². The maximum atomic E-state index is 11.3. The third-order valence-electron chi connectivity index (χ3n) is 2.99. The lowest BCUT2D eigenvalue weighted by Crippen LogP contribution is -2.42. The Morgan fingerprint density at radius 2 is 1.94 bits per heavy atom. The molecule has 1 aromatic rings. The fraction of sp³-hybridized carbons (Fsp3) is 0.462. The predicted molar refractivity (Wildman–Crippen MR) is 65.9 cm³/mol. The third kappa shape index (κ3) is 3.28. The number of hydrogen-bond donors (Lipinski definition) is 1. The molecule has 0 spiro atoms. The first kappa shape index (κ1) is 12.1. The Kier molecular flexibility index (Phi) is 4.12. The SMILES string of the molecule is COC(=O)c1ccc(CN2CCNCC2)cc1. The summed E-state index contributed by atoms with van der Waals surface area (Å²) in [6.07, 6.45) is 0. The second-order valence-electron chi connectivity index (χ2n) is 4.21. The summed E-state index contributed by atoms with van der Waals surface area (Å²) in [6, 6.07) is 7.63. The Balaban J connectivity index is 1.95.